The van der Waals surface area contributed by atoms with E-state index in [1.54, 1.807) is 0 Å². The molecule has 0 unspecified atom stereocenters. The Bertz CT molecular complexity index is 1390. The lowest BCUT2D eigenvalue weighted by Crippen LogP contribution is -2.18. The van der Waals surface area contributed by atoms with Gasteiger partial charge in [0.1, 0.15) is 0 Å². The summed E-state index contributed by atoms with van der Waals surface area (Å²) in [4.78, 5) is 2.39. The van der Waals surface area contributed by atoms with Crippen molar-refractivity contribution in [2.24, 2.45) is 0 Å². The van der Waals surface area contributed by atoms with Crippen LogP contribution in [0.15, 0.2) is 84.9 Å². The van der Waals surface area contributed by atoms with Gasteiger partial charge in [0.2, 0.25) is 0 Å². The van der Waals surface area contributed by atoms with Gasteiger partial charge in [-0.25, -0.2) is 0 Å². The minimum absolute atomic E-state index is 0.918. The summed E-state index contributed by atoms with van der Waals surface area (Å²) in [5.41, 5.74) is 7.19. The molecule has 0 aromatic heterocycles. The number of fused-ring (bicyclic) bond motifs is 6. The van der Waals surface area contributed by atoms with Crippen LogP contribution in [0.1, 0.15) is 16.7 Å². The topological polar surface area (TPSA) is 12.5 Å². The molecule has 5 aromatic carbocycles. The predicted molar refractivity (Wildman–Crippen MR) is 130 cm³/mol. The van der Waals surface area contributed by atoms with Gasteiger partial charge in [-0.3, -0.25) is 0 Å². The number of rotatable bonds is 1. The highest BCUT2D eigenvalue weighted by atomic mass is 16.5. The average Bonchev–Trinajstić information content (AvgIpc) is 2.77. The van der Waals surface area contributed by atoms with E-state index < -0.39 is 0 Å². The molecule has 2 heteroatoms. The zero-order valence-corrected chi connectivity index (χ0v) is 17.9. The number of hydrogen-bond donors (Lipinski definition) is 0. The second-order valence-electron chi connectivity index (χ2n) is 8.45. The van der Waals surface area contributed by atoms with Gasteiger partial charge in [0.05, 0.1) is 17.1 Å². The fourth-order valence-electron chi connectivity index (χ4n) is 5.03. The van der Waals surface area contributed by atoms with Gasteiger partial charge in [0.25, 0.3) is 0 Å². The van der Waals surface area contributed by atoms with Crippen LogP contribution in [0, 0.1) is 20.8 Å². The minimum Gasteiger partial charge on any atom is -0.452 e. The minimum atomic E-state index is 0.918. The number of hydrogen-bond acceptors (Lipinski definition) is 2. The lowest BCUT2D eigenvalue weighted by molar-refractivity contribution is 0.488. The number of aryl methyl sites for hydroxylation is 3. The standard InChI is InChI=1S/C29H23NO/c1-18-16-19(2)27(20(3)17-18)30-25-14-12-21-8-4-6-10-23(21)28(25)31-29-24-11-7-5-9-22(24)13-15-26(29)30/h4-17H,1-3H3. The Hall–Kier alpha value is -3.78. The molecule has 5 aromatic rings. The van der Waals surface area contributed by atoms with Crippen LogP contribution >= 0.6 is 0 Å². The van der Waals surface area contributed by atoms with E-state index in [9.17, 15) is 0 Å². The van der Waals surface area contributed by atoms with Gasteiger partial charge in [-0.2, -0.15) is 0 Å². The summed E-state index contributed by atoms with van der Waals surface area (Å²) in [6, 6.07) is 30.2. The van der Waals surface area contributed by atoms with Crippen LogP contribution in [0.3, 0.4) is 0 Å². The molecule has 0 radical (unpaired) electrons. The fraction of sp³-hybridized carbons (Fsp3) is 0.103. The highest BCUT2D eigenvalue weighted by molar-refractivity contribution is 6.04. The van der Waals surface area contributed by atoms with Crippen LogP contribution in [0.25, 0.3) is 21.5 Å². The van der Waals surface area contributed by atoms with E-state index in [0.29, 0.717) is 0 Å². The zero-order valence-electron chi connectivity index (χ0n) is 17.9. The van der Waals surface area contributed by atoms with E-state index in [1.165, 1.54) is 33.2 Å². The molecule has 0 fully saturated rings. The lowest BCUT2D eigenvalue weighted by Gasteiger charge is -2.36. The number of anilines is 3. The quantitative estimate of drug-likeness (QED) is 0.274. The Labute approximate surface area is 182 Å². The van der Waals surface area contributed by atoms with Gasteiger partial charge in [0.15, 0.2) is 11.5 Å². The monoisotopic (exact) mass is 401 g/mol. The first-order valence-corrected chi connectivity index (χ1v) is 10.7. The van der Waals surface area contributed by atoms with Crippen LogP contribution < -0.4 is 9.64 Å². The molecule has 2 nitrogen and oxygen atoms in total. The lowest BCUT2D eigenvalue weighted by atomic mass is 9.98. The second kappa shape index (κ2) is 6.61. The fourth-order valence-corrected chi connectivity index (χ4v) is 5.03. The molecule has 0 N–H and O–H groups in total. The SMILES string of the molecule is Cc1cc(C)c(N2c3ccc4ccccc4c3Oc3c2ccc2ccccc32)c(C)c1. The summed E-state index contributed by atoms with van der Waals surface area (Å²) in [6.07, 6.45) is 0. The van der Waals surface area contributed by atoms with Crippen molar-refractivity contribution >= 4 is 38.6 Å². The molecular weight excluding hydrogens is 378 g/mol. The molecule has 1 aliphatic rings. The van der Waals surface area contributed by atoms with E-state index in [0.717, 1.165) is 33.6 Å². The van der Waals surface area contributed by atoms with Crippen molar-refractivity contribution in [3.8, 4) is 11.5 Å². The van der Waals surface area contributed by atoms with Gasteiger partial charge >= 0.3 is 0 Å². The van der Waals surface area contributed by atoms with Crippen LogP contribution in [-0.4, -0.2) is 0 Å². The van der Waals surface area contributed by atoms with E-state index in [1.807, 2.05) is 0 Å². The summed E-state index contributed by atoms with van der Waals surface area (Å²) in [5, 5.41) is 4.63. The van der Waals surface area contributed by atoms with Crippen molar-refractivity contribution in [1.82, 2.24) is 0 Å². The molecule has 0 saturated heterocycles. The summed E-state index contributed by atoms with van der Waals surface area (Å²) < 4.78 is 6.72. The van der Waals surface area contributed by atoms with E-state index >= 15 is 0 Å². The van der Waals surface area contributed by atoms with Crippen LogP contribution in [-0.2, 0) is 0 Å². The smallest absolute Gasteiger partial charge is 0.159 e. The van der Waals surface area contributed by atoms with Crippen molar-refractivity contribution in [3.63, 3.8) is 0 Å². The predicted octanol–water partition coefficient (Wildman–Crippen LogP) is 8.49. The Morgan fingerprint density at radius 3 is 1.58 bits per heavy atom. The van der Waals surface area contributed by atoms with Gasteiger partial charge in [0, 0.05) is 10.8 Å². The maximum atomic E-state index is 6.72. The molecule has 1 aliphatic heterocycles. The Kier molecular flexibility index (Phi) is 3.85. The second-order valence-corrected chi connectivity index (χ2v) is 8.45. The molecular formula is C29H23NO. The molecule has 1 heterocycles. The molecule has 0 atom stereocenters. The highest BCUT2D eigenvalue weighted by Crippen LogP contribution is 2.55. The first-order chi connectivity index (χ1) is 15.1. The largest absolute Gasteiger partial charge is 0.452 e. The van der Waals surface area contributed by atoms with E-state index in [2.05, 4.69) is 111 Å². The van der Waals surface area contributed by atoms with E-state index in [4.69, 9.17) is 4.74 Å². The first kappa shape index (κ1) is 18.0. The maximum Gasteiger partial charge on any atom is 0.159 e. The molecule has 31 heavy (non-hydrogen) atoms. The number of benzene rings is 5. The van der Waals surface area contributed by atoms with Gasteiger partial charge in [-0.05, 0) is 54.8 Å². The van der Waals surface area contributed by atoms with Crippen molar-refractivity contribution < 1.29 is 4.74 Å². The maximum absolute atomic E-state index is 6.72. The van der Waals surface area contributed by atoms with Gasteiger partial charge in [-0.15, -0.1) is 0 Å². The normalized spacial score (nSPS) is 12.5. The van der Waals surface area contributed by atoms with Crippen LogP contribution in [0.2, 0.25) is 0 Å². The number of nitrogens with zero attached hydrogens (tertiary/aromatic N) is 1. The molecule has 0 bridgehead atoms. The van der Waals surface area contributed by atoms with E-state index in [-0.39, 0.29) is 0 Å². The molecule has 150 valence electrons. The highest BCUT2D eigenvalue weighted by Gasteiger charge is 2.30. The Balaban J connectivity index is 1.74. The third-order valence-electron chi connectivity index (χ3n) is 6.26. The third kappa shape index (κ3) is 2.65. The van der Waals surface area contributed by atoms with Crippen molar-refractivity contribution in [2.45, 2.75) is 20.8 Å². The first-order valence-electron chi connectivity index (χ1n) is 10.7. The molecule has 0 spiro atoms. The van der Waals surface area contributed by atoms with Crippen LogP contribution in [0.4, 0.5) is 17.1 Å². The molecule has 6 rings (SSSR count). The van der Waals surface area contributed by atoms with Crippen molar-refractivity contribution in [3.05, 3.63) is 102 Å². The van der Waals surface area contributed by atoms with Crippen molar-refractivity contribution in [2.75, 3.05) is 4.90 Å². The zero-order chi connectivity index (χ0) is 21.1. The number of ether oxygens (including phenoxy) is 1. The summed E-state index contributed by atoms with van der Waals surface area (Å²) >= 11 is 0. The van der Waals surface area contributed by atoms with Crippen molar-refractivity contribution in [1.29, 1.82) is 0 Å². The van der Waals surface area contributed by atoms with Gasteiger partial charge < -0.3 is 9.64 Å². The summed E-state index contributed by atoms with van der Waals surface area (Å²) in [6.45, 7) is 6.56. The van der Waals surface area contributed by atoms with Gasteiger partial charge in [-0.1, -0.05) is 78.4 Å². The summed E-state index contributed by atoms with van der Waals surface area (Å²) in [5.74, 6) is 1.84. The summed E-state index contributed by atoms with van der Waals surface area (Å²) in [7, 11) is 0. The Morgan fingerprint density at radius 2 is 1.06 bits per heavy atom. The Morgan fingerprint density at radius 1 is 0.581 bits per heavy atom. The molecule has 0 amide bonds. The molecule has 0 saturated carbocycles. The average molecular weight is 402 g/mol. The third-order valence-corrected chi connectivity index (χ3v) is 6.26. The van der Waals surface area contributed by atoms with Crippen LogP contribution in [0.5, 0.6) is 11.5 Å². The molecule has 0 aliphatic carbocycles.